The minimum atomic E-state index is -0.360. The number of rotatable bonds is 8. The van der Waals surface area contributed by atoms with Crippen LogP contribution in [-0.4, -0.2) is 5.24 Å². The van der Waals surface area contributed by atoms with E-state index in [9.17, 15) is 4.79 Å². The van der Waals surface area contributed by atoms with E-state index in [0.717, 1.165) is 19.3 Å². The first-order valence-corrected chi connectivity index (χ1v) is 7.14. The number of aryl methyl sites for hydroxylation is 1. The molecule has 0 bridgehead atoms. The molecule has 1 nitrogen and oxygen atoms in total. The summed E-state index contributed by atoms with van der Waals surface area (Å²) in [5.74, 6) is 0. The SMILES string of the molecule is CC(C)(CCCCCCc1ccccc1)C(=O)Cl. The number of hydrogen-bond acceptors (Lipinski definition) is 1. The van der Waals surface area contributed by atoms with Gasteiger partial charge in [-0.05, 0) is 36.4 Å². The highest BCUT2D eigenvalue weighted by Crippen LogP contribution is 2.26. The molecular weight excluding hydrogens is 244 g/mol. The first-order valence-electron chi connectivity index (χ1n) is 6.76. The topological polar surface area (TPSA) is 17.1 Å². The van der Waals surface area contributed by atoms with Crippen LogP contribution >= 0.6 is 11.6 Å². The van der Waals surface area contributed by atoms with Crippen LogP contribution in [0.3, 0.4) is 0 Å². The van der Waals surface area contributed by atoms with E-state index in [1.165, 1.54) is 24.8 Å². The molecule has 0 aliphatic rings. The van der Waals surface area contributed by atoms with Crippen molar-refractivity contribution in [2.75, 3.05) is 0 Å². The molecule has 0 amide bonds. The Balaban J connectivity index is 2.08. The Morgan fingerprint density at radius 1 is 1.06 bits per heavy atom. The summed E-state index contributed by atoms with van der Waals surface area (Å²) in [5.41, 5.74) is 1.05. The quantitative estimate of drug-likeness (QED) is 0.479. The van der Waals surface area contributed by atoms with Gasteiger partial charge in [0, 0.05) is 5.41 Å². The Morgan fingerprint density at radius 3 is 2.28 bits per heavy atom. The standard InChI is InChI=1S/C16H23ClO/c1-16(2,15(17)18)13-9-4-3-6-10-14-11-7-5-8-12-14/h5,7-8,11-12H,3-4,6,9-10,13H2,1-2H3. The summed E-state index contributed by atoms with van der Waals surface area (Å²) in [4.78, 5) is 11.1. The molecule has 0 saturated heterocycles. The van der Waals surface area contributed by atoms with E-state index < -0.39 is 0 Å². The molecule has 0 N–H and O–H groups in total. The predicted octanol–water partition coefficient (Wildman–Crippen LogP) is 4.97. The maximum atomic E-state index is 11.1. The molecule has 0 atom stereocenters. The second kappa shape index (κ2) is 7.58. The molecule has 18 heavy (non-hydrogen) atoms. The van der Waals surface area contributed by atoms with Crippen LogP contribution < -0.4 is 0 Å². The normalized spacial score (nSPS) is 11.5. The van der Waals surface area contributed by atoms with Crippen LogP contribution in [0.5, 0.6) is 0 Å². The smallest absolute Gasteiger partial charge is 0.227 e. The number of hydrogen-bond donors (Lipinski definition) is 0. The largest absolute Gasteiger partial charge is 0.281 e. The highest BCUT2D eigenvalue weighted by molar-refractivity contribution is 6.64. The molecule has 0 aliphatic carbocycles. The van der Waals surface area contributed by atoms with Gasteiger partial charge in [-0.1, -0.05) is 63.4 Å². The molecule has 0 aromatic heterocycles. The average molecular weight is 267 g/mol. The summed E-state index contributed by atoms with van der Waals surface area (Å²) in [5, 5.41) is -0.216. The first kappa shape index (κ1) is 15.2. The van der Waals surface area contributed by atoms with Gasteiger partial charge in [-0.2, -0.15) is 0 Å². The van der Waals surface area contributed by atoms with Gasteiger partial charge in [0.25, 0.3) is 0 Å². The Labute approximate surface area is 116 Å². The van der Waals surface area contributed by atoms with Crippen molar-refractivity contribution in [3.63, 3.8) is 0 Å². The minimum absolute atomic E-state index is 0.216. The Kier molecular flexibility index (Phi) is 6.42. The third-order valence-corrected chi connectivity index (χ3v) is 3.90. The van der Waals surface area contributed by atoms with Crippen molar-refractivity contribution in [3.05, 3.63) is 35.9 Å². The molecule has 0 saturated carbocycles. The van der Waals surface area contributed by atoms with Crippen molar-refractivity contribution in [1.29, 1.82) is 0 Å². The summed E-state index contributed by atoms with van der Waals surface area (Å²) >= 11 is 5.55. The van der Waals surface area contributed by atoms with Gasteiger partial charge in [0.2, 0.25) is 5.24 Å². The van der Waals surface area contributed by atoms with Crippen molar-refractivity contribution in [1.82, 2.24) is 0 Å². The Morgan fingerprint density at radius 2 is 1.67 bits per heavy atom. The Hall–Kier alpha value is -0.820. The van der Waals surface area contributed by atoms with E-state index in [2.05, 4.69) is 30.3 Å². The van der Waals surface area contributed by atoms with Crippen molar-refractivity contribution in [2.24, 2.45) is 5.41 Å². The summed E-state index contributed by atoms with van der Waals surface area (Å²) in [6.07, 6.45) is 6.75. The lowest BCUT2D eigenvalue weighted by Gasteiger charge is -2.18. The molecule has 0 spiro atoms. The van der Waals surface area contributed by atoms with Gasteiger partial charge in [-0.25, -0.2) is 0 Å². The molecule has 0 radical (unpaired) electrons. The van der Waals surface area contributed by atoms with Gasteiger partial charge >= 0.3 is 0 Å². The lowest BCUT2D eigenvalue weighted by Crippen LogP contribution is -2.19. The summed E-state index contributed by atoms with van der Waals surface area (Å²) < 4.78 is 0. The predicted molar refractivity (Wildman–Crippen MR) is 77.9 cm³/mol. The lowest BCUT2D eigenvalue weighted by atomic mass is 9.88. The van der Waals surface area contributed by atoms with E-state index in [-0.39, 0.29) is 10.7 Å². The maximum Gasteiger partial charge on any atom is 0.227 e. The van der Waals surface area contributed by atoms with E-state index in [0.29, 0.717) is 0 Å². The third kappa shape index (κ3) is 5.68. The van der Waals surface area contributed by atoms with Crippen LogP contribution in [0.15, 0.2) is 30.3 Å². The second-order valence-corrected chi connectivity index (χ2v) is 5.90. The van der Waals surface area contributed by atoms with Crippen molar-refractivity contribution in [2.45, 2.75) is 52.4 Å². The molecule has 1 rings (SSSR count). The number of carbonyl (C=O) groups excluding carboxylic acids is 1. The van der Waals surface area contributed by atoms with E-state index in [4.69, 9.17) is 11.6 Å². The van der Waals surface area contributed by atoms with Crippen LogP contribution in [0, 0.1) is 5.41 Å². The fraction of sp³-hybridized carbons (Fsp3) is 0.562. The van der Waals surface area contributed by atoms with Crippen LogP contribution in [-0.2, 0) is 11.2 Å². The van der Waals surface area contributed by atoms with Crippen molar-refractivity contribution < 1.29 is 4.79 Å². The molecule has 0 heterocycles. The zero-order chi connectivity index (χ0) is 13.4. The van der Waals surface area contributed by atoms with Crippen molar-refractivity contribution >= 4 is 16.8 Å². The fourth-order valence-electron chi connectivity index (χ4n) is 1.99. The highest BCUT2D eigenvalue weighted by atomic mass is 35.5. The summed E-state index contributed by atoms with van der Waals surface area (Å²) in [7, 11) is 0. The number of unbranched alkanes of at least 4 members (excludes halogenated alkanes) is 3. The zero-order valence-electron chi connectivity index (χ0n) is 11.4. The molecule has 0 aliphatic heterocycles. The van der Waals surface area contributed by atoms with Gasteiger partial charge in [0.15, 0.2) is 0 Å². The van der Waals surface area contributed by atoms with E-state index in [1.54, 1.807) is 0 Å². The second-order valence-electron chi connectivity index (χ2n) is 5.56. The van der Waals surface area contributed by atoms with Crippen LogP contribution in [0.25, 0.3) is 0 Å². The van der Waals surface area contributed by atoms with Gasteiger partial charge in [0.1, 0.15) is 0 Å². The van der Waals surface area contributed by atoms with E-state index >= 15 is 0 Å². The monoisotopic (exact) mass is 266 g/mol. The number of benzene rings is 1. The lowest BCUT2D eigenvalue weighted by molar-refractivity contribution is -0.119. The molecule has 1 aromatic carbocycles. The first-order chi connectivity index (χ1) is 8.52. The van der Waals surface area contributed by atoms with Crippen LogP contribution in [0.1, 0.15) is 51.5 Å². The molecule has 0 unspecified atom stereocenters. The van der Waals surface area contributed by atoms with Gasteiger partial charge in [-0.15, -0.1) is 0 Å². The van der Waals surface area contributed by atoms with Crippen LogP contribution in [0.2, 0.25) is 0 Å². The van der Waals surface area contributed by atoms with Gasteiger partial charge in [-0.3, -0.25) is 4.79 Å². The van der Waals surface area contributed by atoms with Crippen molar-refractivity contribution in [3.8, 4) is 0 Å². The van der Waals surface area contributed by atoms with Gasteiger partial charge in [0.05, 0.1) is 0 Å². The Bertz CT molecular complexity index is 357. The third-order valence-electron chi connectivity index (χ3n) is 3.39. The molecule has 0 fully saturated rings. The van der Waals surface area contributed by atoms with E-state index in [1.807, 2.05) is 13.8 Å². The number of halogens is 1. The summed E-state index contributed by atoms with van der Waals surface area (Å²) in [6, 6.07) is 10.6. The highest BCUT2D eigenvalue weighted by Gasteiger charge is 2.24. The fourth-order valence-corrected chi connectivity index (χ4v) is 2.09. The zero-order valence-corrected chi connectivity index (χ0v) is 12.2. The molecule has 1 aromatic rings. The average Bonchev–Trinajstić information content (AvgIpc) is 2.34. The van der Waals surface area contributed by atoms with Gasteiger partial charge < -0.3 is 0 Å². The van der Waals surface area contributed by atoms with Crippen LogP contribution in [0.4, 0.5) is 0 Å². The minimum Gasteiger partial charge on any atom is -0.281 e. The maximum absolute atomic E-state index is 11.1. The molecular formula is C16H23ClO. The molecule has 100 valence electrons. The summed E-state index contributed by atoms with van der Waals surface area (Å²) in [6.45, 7) is 3.85. The number of carbonyl (C=O) groups is 1. The molecule has 2 heteroatoms.